The van der Waals surface area contributed by atoms with E-state index >= 15 is 0 Å². The second-order valence-corrected chi connectivity index (χ2v) is 7.57. The molecule has 33 heavy (non-hydrogen) atoms. The summed E-state index contributed by atoms with van der Waals surface area (Å²) in [5.74, 6) is -1.72. The third kappa shape index (κ3) is 9.80. The summed E-state index contributed by atoms with van der Waals surface area (Å²) in [4.78, 5) is 41.4. The van der Waals surface area contributed by atoms with Gasteiger partial charge in [-0.1, -0.05) is 41.9 Å². The molecule has 0 fully saturated rings. The predicted molar refractivity (Wildman–Crippen MR) is 124 cm³/mol. The maximum atomic E-state index is 13.0. The Hall–Kier alpha value is -3.30. The van der Waals surface area contributed by atoms with Crippen LogP contribution in [0.4, 0.5) is 0 Å². The SMILES string of the molecule is NC(=O)[C@H](Cc1ccccc1)NC(=O)[C@H](CCCN=C(N)N)NC(=O)c1ccc(Cl)cc1.[Cl-]. The highest BCUT2D eigenvalue weighted by atomic mass is 35.5. The van der Waals surface area contributed by atoms with E-state index in [0.717, 1.165) is 5.56 Å². The number of carbonyl (C=O) groups is 3. The zero-order valence-corrected chi connectivity index (χ0v) is 19.4. The van der Waals surface area contributed by atoms with Gasteiger partial charge >= 0.3 is 0 Å². The molecule has 0 saturated heterocycles. The monoisotopic (exact) mass is 493 g/mol. The van der Waals surface area contributed by atoms with Crippen molar-refractivity contribution in [2.75, 3.05) is 6.54 Å². The van der Waals surface area contributed by atoms with Crippen LogP contribution in [0.15, 0.2) is 59.6 Å². The fourth-order valence-corrected chi connectivity index (χ4v) is 3.09. The molecule has 2 aromatic rings. The minimum atomic E-state index is -0.933. The predicted octanol–water partition coefficient (Wildman–Crippen LogP) is -2.29. The van der Waals surface area contributed by atoms with Gasteiger partial charge in [-0.2, -0.15) is 0 Å². The van der Waals surface area contributed by atoms with Gasteiger partial charge in [0.25, 0.3) is 5.91 Å². The molecule has 0 bridgehead atoms. The van der Waals surface area contributed by atoms with Crippen LogP contribution >= 0.6 is 11.6 Å². The Morgan fingerprint density at radius 1 is 0.909 bits per heavy atom. The fraction of sp³-hybridized carbons (Fsp3) is 0.273. The molecule has 178 valence electrons. The highest BCUT2D eigenvalue weighted by molar-refractivity contribution is 6.30. The molecule has 8 N–H and O–H groups in total. The van der Waals surface area contributed by atoms with Crippen molar-refractivity contribution in [3.63, 3.8) is 0 Å². The van der Waals surface area contributed by atoms with E-state index in [4.69, 9.17) is 28.8 Å². The third-order valence-electron chi connectivity index (χ3n) is 4.62. The summed E-state index contributed by atoms with van der Waals surface area (Å²) in [5, 5.41) is 5.82. The highest BCUT2D eigenvalue weighted by Gasteiger charge is 2.26. The van der Waals surface area contributed by atoms with E-state index in [-0.39, 0.29) is 37.8 Å². The smallest absolute Gasteiger partial charge is 0.251 e. The molecule has 2 atom stereocenters. The summed E-state index contributed by atoms with van der Waals surface area (Å²) in [6.07, 6.45) is 0.906. The van der Waals surface area contributed by atoms with Gasteiger partial charge < -0.3 is 40.2 Å². The maximum absolute atomic E-state index is 13.0. The molecule has 0 radical (unpaired) electrons. The van der Waals surface area contributed by atoms with Gasteiger partial charge in [-0.15, -0.1) is 0 Å². The average Bonchev–Trinajstić information content (AvgIpc) is 2.76. The summed E-state index contributed by atoms with van der Waals surface area (Å²) < 4.78 is 0. The Bertz CT molecular complexity index is 950. The van der Waals surface area contributed by atoms with Gasteiger partial charge in [0.1, 0.15) is 12.1 Å². The van der Waals surface area contributed by atoms with Gasteiger partial charge in [0, 0.05) is 23.6 Å². The minimum Gasteiger partial charge on any atom is -1.00 e. The van der Waals surface area contributed by atoms with Crippen LogP contribution in [0.2, 0.25) is 5.02 Å². The molecule has 3 amide bonds. The summed E-state index contributed by atoms with van der Waals surface area (Å²) in [5.41, 5.74) is 17.3. The lowest BCUT2D eigenvalue weighted by molar-refractivity contribution is -0.128. The standard InChI is InChI=1S/C22H27ClN6O3.ClH/c23-16-10-8-15(9-11-16)20(31)28-17(7-4-12-27-22(25)26)21(32)29-18(19(24)30)13-14-5-2-1-3-6-14;/h1-3,5-6,8-11,17-18H,4,7,12-13H2,(H2,24,30)(H,28,31)(H,29,32)(H4,25,26,27);1H/p-1/t17-,18-;/m0./s1. The fourth-order valence-electron chi connectivity index (χ4n) is 2.96. The van der Waals surface area contributed by atoms with Crippen LogP contribution in [0.25, 0.3) is 0 Å². The molecular formula is C22H27Cl2N6O3-. The Kier molecular flexibility index (Phi) is 11.7. The number of hydrogen-bond acceptors (Lipinski definition) is 4. The third-order valence-corrected chi connectivity index (χ3v) is 4.87. The first-order chi connectivity index (χ1) is 15.3. The van der Waals surface area contributed by atoms with Crippen LogP contribution < -0.4 is 40.2 Å². The van der Waals surface area contributed by atoms with E-state index in [1.165, 1.54) is 0 Å². The van der Waals surface area contributed by atoms with Crippen LogP contribution in [-0.4, -0.2) is 42.3 Å². The van der Waals surface area contributed by atoms with Crippen LogP contribution in [0.3, 0.4) is 0 Å². The molecule has 2 aromatic carbocycles. The van der Waals surface area contributed by atoms with Gasteiger partial charge in [-0.05, 0) is 42.7 Å². The Morgan fingerprint density at radius 3 is 2.12 bits per heavy atom. The average molecular weight is 494 g/mol. The van der Waals surface area contributed by atoms with Gasteiger partial charge in [0.15, 0.2) is 5.96 Å². The van der Waals surface area contributed by atoms with Crippen LogP contribution in [-0.2, 0) is 16.0 Å². The molecule has 2 rings (SSSR count). The number of amides is 3. The van der Waals surface area contributed by atoms with Crippen molar-refractivity contribution in [3.05, 3.63) is 70.7 Å². The molecule has 0 aliphatic heterocycles. The molecule has 0 aliphatic rings. The van der Waals surface area contributed by atoms with Crippen molar-refractivity contribution in [1.29, 1.82) is 0 Å². The van der Waals surface area contributed by atoms with Crippen molar-refractivity contribution in [2.45, 2.75) is 31.3 Å². The van der Waals surface area contributed by atoms with Gasteiger partial charge in [0.2, 0.25) is 11.8 Å². The second kappa shape index (κ2) is 14.0. The summed E-state index contributed by atoms with van der Waals surface area (Å²) in [6.45, 7) is 0.284. The molecule has 0 aromatic heterocycles. The van der Waals surface area contributed by atoms with Crippen molar-refractivity contribution in [1.82, 2.24) is 10.6 Å². The van der Waals surface area contributed by atoms with Crippen molar-refractivity contribution < 1.29 is 26.8 Å². The number of nitrogens with one attached hydrogen (secondary N) is 2. The van der Waals surface area contributed by atoms with Gasteiger partial charge in [0.05, 0.1) is 0 Å². The number of carbonyl (C=O) groups excluding carboxylic acids is 3. The van der Waals surface area contributed by atoms with E-state index in [9.17, 15) is 14.4 Å². The van der Waals surface area contributed by atoms with Gasteiger partial charge in [-0.25, -0.2) is 0 Å². The van der Waals surface area contributed by atoms with Crippen molar-refractivity contribution in [3.8, 4) is 0 Å². The van der Waals surface area contributed by atoms with Crippen molar-refractivity contribution >= 4 is 35.3 Å². The summed E-state index contributed by atoms with van der Waals surface area (Å²) in [7, 11) is 0. The molecular weight excluding hydrogens is 467 g/mol. The lowest BCUT2D eigenvalue weighted by Gasteiger charge is -2.22. The zero-order valence-electron chi connectivity index (χ0n) is 17.8. The number of nitrogens with two attached hydrogens (primary N) is 3. The highest BCUT2D eigenvalue weighted by Crippen LogP contribution is 2.11. The van der Waals surface area contributed by atoms with E-state index in [1.54, 1.807) is 24.3 Å². The normalized spacial score (nSPS) is 11.9. The number of nitrogens with zero attached hydrogens (tertiary/aromatic N) is 1. The summed E-state index contributed by atoms with van der Waals surface area (Å²) >= 11 is 5.86. The molecule has 0 aliphatic carbocycles. The van der Waals surface area contributed by atoms with E-state index in [2.05, 4.69) is 15.6 Å². The van der Waals surface area contributed by atoms with Crippen LogP contribution in [0.1, 0.15) is 28.8 Å². The lowest BCUT2D eigenvalue weighted by atomic mass is 10.0. The molecule has 0 spiro atoms. The van der Waals surface area contributed by atoms with E-state index in [0.29, 0.717) is 17.0 Å². The number of benzene rings is 2. The first-order valence-electron chi connectivity index (χ1n) is 10.0. The number of primary amides is 1. The number of rotatable bonds is 11. The second-order valence-electron chi connectivity index (χ2n) is 7.14. The molecule has 0 saturated carbocycles. The number of aliphatic imine (C=N–C) groups is 1. The number of hydrogen-bond donors (Lipinski definition) is 5. The quantitative estimate of drug-likeness (QED) is 0.135. The molecule has 0 unspecified atom stereocenters. The van der Waals surface area contributed by atoms with Crippen molar-refractivity contribution in [2.24, 2.45) is 22.2 Å². The molecule has 11 heteroatoms. The number of halogens is 2. The molecule has 9 nitrogen and oxygen atoms in total. The van der Waals surface area contributed by atoms with Crippen LogP contribution in [0, 0.1) is 0 Å². The van der Waals surface area contributed by atoms with E-state index < -0.39 is 29.8 Å². The Balaban J connectivity index is 0.00000544. The Morgan fingerprint density at radius 2 is 1.55 bits per heavy atom. The molecule has 0 heterocycles. The number of guanidine groups is 1. The van der Waals surface area contributed by atoms with E-state index in [1.807, 2.05) is 30.3 Å². The van der Waals surface area contributed by atoms with Crippen LogP contribution in [0.5, 0.6) is 0 Å². The largest absolute Gasteiger partial charge is 1.00 e. The summed E-state index contributed by atoms with van der Waals surface area (Å²) in [6, 6.07) is 13.6. The first-order valence-corrected chi connectivity index (χ1v) is 10.4. The minimum absolute atomic E-state index is 0. The Labute approximate surface area is 203 Å². The van der Waals surface area contributed by atoms with Gasteiger partial charge in [-0.3, -0.25) is 19.4 Å². The lowest BCUT2D eigenvalue weighted by Crippen LogP contribution is -3.00. The zero-order chi connectivity index (χ0) is 23.5. The topological polar surface area (TPSA) is 166 Å². The maximum Gasteiger partial charge on any atom is 0.251 e. The first kappa shape index (κ1) is 27.7.